The average Bonchev–Trinajstić information content (AvgIpc) is 2.41. The number of aliphatic hydroxyl groups is 1. The van der Waals surface area contributed by atoms with Crippen LogP contribution in [0.25, 0.3) is 0 Å². The first-order valence-electron chi connectivity index (χ1n) is 6.52. The molecule has 100 valence electrons. The number of ether oxygens (including phenoxy) is 1. The van der Waals surface area contributed by atoms with Crippen molar-refractivity contribution in [3.05, 3.63) is 29.8 Å². The average molecular weight is 250 g/mol. The van der Waals surface area contributed by atoms with Gasteiger partial charge in [0.1, 0.15) is 5.75 Å². The van der Waals surface area contributed by atoms with Gasteiger partial charge < -0.3 is 15.2 Å². The van der Waals surface area contributed by atoms with Crippen molar-refractivity contribution < 1.29 is 9.84 Å². The lowest BCUT2D eigenvalue weighted by Gasteiger charge is -2.36. The zero-order valence-corrected chi connectivity index (χ0v) is 10.9. The molecule has 0 radical (unpaired) electrons. The summed E-state index contributed by atoms with van der Waals surface area (Å²) in [4.78, 5) is 2.43. The molecule has 18 heavy (non-hydrogen) atoms. The number of rotatable bonds is 5. The van der Waals surface area contributed by atoms with Crippen molar-refractivity contribution in [1.82, 2.24) is 10.2 Å². The van der Waals surface area contributed by atoms with Crippen molar-refractivity contribution >= 4 is 0 Å². The van der Waals surface area contributed by atoms with Gasteiger partial charge >= 0.3 is 0 Å². The molecule has 0 spiro atoms. The van der Waals surface area contributed by atoms with E-state index in [1.165, 1.54) is 5.56 Å². The summed E-state index contributed by atoms with van der Waals surface area (Å²) >= 11 is 0. The molecule has 2 rings (SSSR count). The Morgan fingerprint density at radius 2 is 2.39 bits per heavy atom. The molecule has 1 aliphatic rings. The molecule has 1 heterocycles. The van der Waals surface area contributed by atoms with Crippen LogP contribution in [0.2, 0.25) is 0 Å². The fourth-order valence-corrected chi connectivity index (χ4v) is 2.45. The van der Waals surface area contributed by atoms with Crippen LogP contribution in [0.1, 0.15) is 12.0 Å². The number of nitrogens with zero attached hydrogens (tertiary/aromatic N) is 1. The maximum atomic E-state index is 9.11. The van der Waals surface area contributed by atoms with Gasteiger partial charge in [0.25, 0.3) is 0 Å². The third-order valence-corrected chi connectivity index (χ3v) is 3.45. The molecule has 1 fully saturated rings. The minimum atomic E-state index is 0.251. The molecule has 0 amide bonds. The summed E-state index contributed by atoms with van der Waals surface area (Å²) in [7, 11) is 1.69. The molecule has 1 unspecified atom stereocenters. The SMILES string of the molecule is COc1cccc(CN2CCNCC2CCO)c1. The molecule has 4 heteroatoms. The smallest absolute Gasteiger partial charge is 0.119 e. The molecule has 1 aromatic carbocycles. The monoisotopic (exact) mass is 250 g/mol. The zero-order valence-electron chi connectivity index (χ0n) is 10.9. The number of methoxy groups -OCH3 is 1. The van der Waals surface area contributed by atoms with Gasteiger partial charge in [0.05, 0.1) is 7.11 Å². The molecule has 2 N–H and O–H groups in total. The Labute approximate surface area is 109 Å². The Balaban J connectivity index is 2.01. The first-order valence-corrected chi connectivity index (χ1v) is 6.52. The van der Waals surface area contributed by atoms with Crippen LogP contribution >= 0.6 is 0 Å². The third kappa shape index (κ3) is 3.45. The second-order valence-electron chi connectivity index (χ2n) is 4.69. The van der Waals surface area contributed by atoms with E-state index < -0.39 is 0 Å². The van der Waals surface area contributed by atoms with E-state index in [0.29, 0.717) is 6.04 Å². The van der Waals surface area contributed by atoms with E-state index in [-0.39, 0.29) is 6.61 Å². The number of benzene rings is 1. The second-order valence-corrected chi connectivity index (χ2v) is 4.69. The lowest BCUT2D eigenvalue weighted by atomic mass is 10.1. The molecule has 4 nitrogen and oxygen atoms in total. The third-order valence-electron chi connectivity index (χ3n) is 3.45. The van der Waals surface area contributed by atoms with Gasteiger partial charge in [-0.25, -0.2) is 0 Å². The van der Waals surface area contributed by atoms with Crippen LogP contribution in [0, 0.1) is 0 Å². The second kappa shape index (κ2) is 6.73. The van der Waals surface area contributed by atoms with E-state index in [0.717, 1.165) is 38.3 Å². The number of aliphatic hydroxyl groups excluding tert-OH is 1. The van der Waals surface area contributed by atoms with Gasteiger partial charge in [-0.2, -0.15) is 0 Å². The van der Waals surface area contributed by atoms with Gasteiger partial charge in [0.2, 0.25) is 0 Å². The maximum Gasteiger partial charge on any atom is 0.119 e. The van der Waals surface area contributed by atoms with Crippen LogP contribution in [-0.4, -0.2) is 49.4 Å². The van der Waals surface area contributed by atoms with Gasteiger partial charge in [-0.3, -0.25) is 4.90 Å². The largest absolute Gasteiger partial charge is 0.497 e. The van der Waals surface area contributed by atoms with Gasteiger partial charge in [-0.05, 0) is 24.1 Å². The Kier molecular flexibility index (Phi) is 4.99. The fourth-order valence-electron chi connectivity index (χ4n) is 2.45. The summed E-state index contributed by atoms with van der Waals surface area (Å²) < 4.78 is 5.25. The minimum absolute atomic E-state index is 0.251. The lowest BCUT2D eigenvalue weighted by Crippen LogP contribution is -2.51. The predicted molar refractivity (Wildman–Crippen MR) is 71.8 cm³/mol. The van der Waals surface area contributed by atoms with E-state index in [1.54, 1.807) is 7.11 Å². The highest BCUT2D eigenvalue weighted by Gasteiger charge is 2.21. The van der Waals surface area contributed by atoms with Crippen LogP contribution < -0.4 is 10.1 Å². The lowest BCUT2D eigenvalue weighted by molar-refractivity contribution is 0.123. The van der Waals surface area contributed by atoms with Gasteiger partial charge in [0, 0.05) is 38.8 Å². The van der Waals surface area contributed by atoms with Gasteiger partial charge in [-0.1, -0.05) is 12.1 Å². The van der Waals surface area contributed by atoms with Crippen molar-refractivity contribution in [2.45, 2.75) is 19.0 Å². The highest BCUT2D eigenvalue weighted by atomic mass is 16.5. The molecule has 1 aromatic rings. The van der Waals surface area contributed by atoms with Crippen molar-refractivity contribution in [3.8, 4) is 5.75 Å². The molecule has 0 aromatic heterocycles. The summed E-state index contributed by atoms with van der Waals surface area (Å²) in [6.45, 7) is 4.18. The summed E-state index contributed by atoms with van der Waals surface area (Å²) in [6, 6.07) is 8.62. The maximum absolute atomic E-state index is 9.11. The number of nitrogens with one attached hydrogen (secondary N) is 1. The predicted octanol–water partition coefficient (Wildman–Crippen LogP) is 0.851. The Hall–Kier alpha value is -1.10. The summed E-state index contributed by atoms with van der Waals surface area (Å²) in [5.41, 5.74) is 1.26. The molecule has 1 atom stereocenters. The number of hydrogen-bond acceptors (Lipinski definition) is 4. The van der Waals surface area contributed by atoms with E-state index in [4.69, 9.17) is 9.84 Å². The molecule has 0 bridgehead atoms. The Bertz CT molecular complexity index is 369. The highest BCUT2D eigenvalue weighted by Crippen LogP contribution is 2.17. The van der Waals surface area contributed by atoms with Crippen molar-refractivity contribution in [3.63, 3.8) is 0 Å². The topological polar surface area (TPSA) is 44.7 Å². The first kappa shape index (κ1) is 13.3. The Morgan fingerprint density at radius 3 is 3.17 bits per heavy atom. The fraction of sp³-hybridized carbons (Fsp3) is 0.571. The standard InChI is InChI=1S/C14H22N2O2/c1-18-14-4-2-3-12(9-14)11-16-7-6-15-10-13(16)5-8-17/h2-4,9,13,15,17H,5-8,10-11H2,1H3. The van der Waals surface area contributed by atoms with Gasteiger partial charge in [-0.15, -0.1) is 0 Å². The van der Waals surface area contributed by atoms with Crippen molar-refractivity contribution in [2.75, 3.05) is 33.4 Å². The molecule has 0 saturated carbocycles. The van der Waals surface area contributed by atoms with E-state index in [9.17, 15) is 0 Å². The minimum Gasteiger partial charge on any atom is -0.497 e. The van der Waals surface area contributed by atoms with Crippen LogP contribution in [0.4, 0.5) is 0 Å². The van der Waals surface area contributed by atoms with Crippen LogP contribution in [0.5, 0.6) is 5.75 Å². The zero-order chi connectivity index (χ0) is 12.8. The van der Waals surface area contributed by atoms with E-state index >= 15 is 0 Å². The van der Waals surface area contributed by atoms with E-state index in [1.807, 2.05) is 12.1 Å². The molecular weight excluding hydrogens is 228 g/mol. The van der Waals surface area contributed by atoms with Gasteiger partial charge in [0.15, 0.2) is 0 Å². The quantitative estimate of drug-likeness (QED) is 0.813. The highest BCUT2D eigenvalue weighted by molar-refractivity contribution is 5.28. The molecule has 0 aliphatic carbocycles. The Morgan fingerprint density at radius 1 is 1.50 bits per heavy atom. The van der Waals surface area contributed by atoms with Crippen LogP contribution in [0.15, 0.2) is 24.3 Å². The molecule has 1 aliphatic heterocycles. The van der Waals surface area contributed by atoms with Crippen LogP contribution in [0.3, 0.4) is 0 Å². The molecular formula is C14H22N2O2. The summed E-state index contributed by atoms with van der Waals surface area (Å²) in [5.74, 6) is 0.904. The number of piperazine rings is 1. The van der Waals surface area contributed by atoms with Crippen LogP contribution in [-0.2, 0) is 6.54 Å². The summed E-state index contributed by atoms with van der Waals surface area (Å²) in [6.07, 6.45) is 0.830. The van der Waals surface area contributed by atoms with Crippen molar-refractivity contribution in [2.24, 2.45) is 0 Å². The van der Waals surface area contributed by atoms with Crippen molar-refractivity contribution in [1.29, 1.82) is 0 Å². The first-order chi connectivity index (χ1) is 8.83. The molecule has 1 saturated heterocycles. The van der Waals surface area contributed by atoms with E-state index in [2.05, 4.69) is 22.3 Å². The number of hydrogen-bond donors (Lipinski definition) is 2. The normalized spacial score (nSPS) is 20.9. The summed E-state index contributed by atoms with van der Waals surface area (Å²) in [5, 5.41) is 12.5.